The van der Waals surface area contributed by atoms with Crippen LogP contribution >= 0.6 is 0 Å². The molecule has 3 nitrogen and oxygen atoms in total. The van der Waals surface area contributed by atoms with Gasteiger partial charge in [-0.1, -0.05) is 237 Å². The molecule has 3 aliphatic heterocycles. The van der Waals surface area contributed by atoms with E-state index in [1.807, 2.05) is 0 Å². The van der Waals surface area contributed by atoms with E-state index in [9.17, 15) is 0 Å². The normalized spacial score (nSPS) is 15.5. The molecule has 15 aromatic rings. The van der Waals surface area contributed by atoms with E-state index in [4.69, 9.17) is 0 Å². The predicted octanol–water partition coefficient (Wildman–Crippen LogP) is 21.5. The highest BCUT2D eigenvalue weighted by Crippen LogP contribution is 2.68. The van der Waals surface area contributed by atoms with Gasteiger partial charge < -0.3 is 14.7 Å². The minimum atomic E-state index is -0.527. The molecule has 24 rings (SSSR count). The van der Waals surface area contributed by atoms with Crippen molar-refractivity contribution in [3.8, 4) is 66.8 Å². The lowest BCUT2D eigenvalue weighted by atomic mass is 9.31. The van der Waals surface area contributed by atoms with E-state index in [1.165, 1.54) is 201 Å². The maximum absolute atomic E-state index is 2.69. The summed E-state index contributed by atoms with van der Waals surface area (Å²) in [5.74, 6) is 0. The maximum Gasteiger partial charge on any atom is 0.257 e. The van der Waals surface area contributed by atoms with Crippen LogP contribution in [0.5, 0.6) is 0 Å². The average molecular weight is 1270 g/mol. The molecule has 6 aliphatic carbocycles. The van der Waals surface area contributed by atoms with Crippen molar-refractivity contribution >= 4 is 74.3 Å². The molecule has 100 heavy (non-hydrogen) atoms. The van der Waals surface area contributed by atoms with E-state index < -0.39 is 16.2 Å². The Morgan fingerprint density at radius 2 is 0.360 bits per heavy atom. The SMILES string of the molecule is Cc1cc2c3c(c1)N(c1ccc4c(c1)C1(c5ccccc5-c5ccccc51)c1ccccc1-4)c1cc(C)cc4c1B3c1c(cc(C)cc1N4c1ccc3c(c1)C1(c4ccccc4-c4ccccc41)c1ccccc1-3)N2c1ccc2c(c1)C1(c3ccccc3-c3ccccc31)c1ccccc1-2. The van der Waals surface area contributed by atoms with Gasteiger partial charge in [-0.3, -0.25) is 0 Å². The van der Waals surface area contributed by atoms with Gasteiger partial charge in [0.05, 0.1) is 16.2 Å². The summed E-state index contributed by atoms with van der Waals surface area (Å²) in [6.45, 7) is 6.87. The minimum absolute atomic E-state index is 0.110. The van der Waals surface area contributed by atoms with Gasteiger partial charge in [0, 0.05) is 51.2 Å². The summed E-state index contributed by atoms with van der Waals surface area (Å²) >= 11 is 0. The minimum Gasteiger partial charge on any atom is -0.311 e. The molecule has 0 bridgehead atoms. The average Bonchev–Trinajstić information content (AvgIpc) is 1.14. The van der Waals surface area contributed by atoms with Crippen LogP contribution in [0.1, 0.15) is 83.5 Å². The Labute approximate surface area is 581 Å². The third-order valence-corrected chi connectivity index (χ3v) is 24.9. The van der Waals surface area contributed by atoms with Crippen LogP contribution in [-0.4, -0.2) is 6.71 Å². The first-order chi connectivity index (χ1) is 49.3. The smallest absolute Gasteiger partial charge is 0.257 e. The molecule has 4 heteroatoms. The predicted molar refractivity (Wildman–Crippen MR) is 412 cm³/mol. The first-order valence-electron chi connectivity index (χ1n) is 35.5. The summed E-state index contributed by atoms with van der Waals surface area (Å²) in [6, 6.07) is 121. The molecule has 0 N–H and O–H groups in total. The summed E-state index contributed by atoms with van der Waals surface area (Å²) in [6.07, 6.45) is 0. The Balaban J connectivity index is 0.799. The van der Waals surface area contributed by atoms with Crippen LogP contribution in [0.3, 0.4) is 0 Å². The molecule has 15 aromatic carbocycles. The van der Waals surface area contributed by atoms with Crippen LogP contribution < -0.4 is 31.1 Å². The van der Waals surface area contributed by atoms with Gasteiger partial charge in [0.15, 0.2) is 0 Å². The zero-order valence-corrected chi connectivity index (χ0v) is 55.4. The number of fused-ring (bicyclic) bond motifs is 30. The summed E-state index contributed by atoms with van der Waals surface area (Å²) < 4.78 is 0. The second-order valence-electron chi connectivity index (χ2n) is 29.4. The molecule has 9 aliphatic rings. The van der Waals surface area contributed by atoms with Gasteiger partial charge in [-0.05, 0) is 260 Å². The fourth-order valence-corrected chi connectivity index (χ4v) is 21.6. The van der Waals surface area contributed by atoms with Crippen molar-refractivity contribution in [2.45, 2.75) is 37.0 Å². The number of anilines is 9. The summed E-state index contributed by atoms with van der Waals surface area (Å²) in [5, 5.41) is 0. The lowest BCUT2D eigenvalue weighted by Crippen LogP contribution is -2.65. The van der Waals surface area contributed by atoms with Crippen LogP contribution in [0, 0.1) is 20.8 Å². The van der Waals surface area contributed by atoms with E-state index in [0.29, 0.717) is 0 Å². The molecule has 3 heterocycles. The highest BCUT2D eigenvalue weighted by atomic mass is 15.2. The number of hydrogen-bond acceptors (Lipinski definition) is 3. The molecule has 0 saturated heterocycles. The van der Waals surface area contributed by atoms with Crippen molar-refractivity contribution in [1.29, 1.82) is 0 Å². The summed E-state index contributed by atoms with van der Waals surface area (Å²) in [4.78, 5) is 8.08. The highest BCUT2D eigenvalue weighted by Gasteiger charge is 2.57. The van der Waals surface area contributed by atoms with Gasteiger partial charge in [-0.2, -0.15) is 0 Å². The Hall–Kier alpha value is -12.2. The molecule has 0 saturated carbocycles. The van der Waals surface area contributed by atoms with Gasteiger partial charge in [-0.25, -0.2) is 0 Å². The second-order valence-corrected chi connectivity index (χ2v) is 29.4. The molecular formula is C96H60BN3. The lowest BCUT2D eigenvalue weighted by Gasteiger charge is -2.50. The number of benzene rings is 15. The van der Waals surface area contributed by atoms with Crippen molar-refractivity contribution in [1.82, 2.24) is 0 Å². The van der Waals surface area contributed by atoms with Crippen LogP contribution in [0.15, 0.2) is 309 Å². The highest BCUT2D eigenvalue weighted by molar-refractivity contribution is 7.02. The number of hydrogen-bond donors (Lipinski definition) is 0. The van der Waals surface area contributed by atoms with Gasteiger partial charge in [0.25, 0.3) is 6.71 Å². The zero-order chi connectivity index (χ0) is 65.4. The van der Waals surface area contributed by atoms with Crippen LogP contribution in [0.4, 0.5) is 51.2 Å². The number of aryl methyl sites for hydroxylation is 3. The van der Waals surface area contributed by atoms with Crippen LogP contribution in [0.25, 0.3) is 66.8 Å². The standard InChI is InChI=1S/C96H60BN3/c1-55-46-85-91-86(47-55)99(59-41-44-71-68-29-11-20-38-80(68)95(83(71)53-59)75-33-15-6-24-63(75)64-25-7-16-34-76(64)95)88-49-57(3)51-90-93(88)97(91)92-87(98(85)58-40-43-70-67-28-10-19-37-79(67)94(82(70)52-58)73-31-13-4-22-61(73)62-23-5-14-32-74(62)94)48-56(2)50-89(92)100(90)60-42-45-72-69-30-12-21-39-81(69)96(84(72)54-60)77-35-17-8-26-65(77)66-27-9-18-36-78(66)96/h4-54H,1-3H3. The van der Waals surface area contributed by atoms with Gasteiger partial charge in [0.2, 0.25) is 0 Å². The Bertz CT molecular complexity index is 5470. The topological polar surface area (TPSA) is 9.72 Å². The van der Waals surface area contributed by atoms with Gasteiger partial charge in [0.1, 0.15) is 0 Å². The molecule has 0 unspecified atom stereocenters. The van der Waals surface area contributed by atoms with Gasteiger partial charge >= 0.3 is 0 Å². The van der Waals surface area contributed by atoms with E-state index >= 15 is 0 Å². The largest absolute Gasteiger partial charge is 0.311 e. The van der Waals surface area contributed by atoms with E-state index in [0.717, 1.165) is 17.1 Å². The zero-order valence-electron chi connectivity index (χ0n) is 55.4. The van der Waals surface area contributed by atoms with Gasteiger partial charge in [-0.15, -0.1) is 0 Å². The van der Waals surface area contributed by atoms with Crippen LogP contribution in [0.2, 0.25) is 0 Å². The fraction of sp³-hybridized carbons (Fsp3) is 0.0625. The first-order valence-corrected chi connectivity index (χ1v) is 35.5. The Kier molecular flexibility index (Phi) is 9.96. The molecule has 0 aromatic heterocycles. The second kappa shape index (κ2) is 18.5. The third kappa shape index (κ3) is 6.10. The molecule has 462 valence electrons. The first kappa shape index (κ1) is 53.9. The third-order valence-electron chi connectivity index (χ3n) is 24.9. The molecular weight excluding hydrogens is 1210 g/mol. The maximum atomic E-state index is 2.69. The summed E-state index contributed by atoms with van der Waals surface area (Å²) in [7, 11) is 0. The fourth-order valence-electron chi connectivity index (χ4n) is 21.6. The molecule has 0 radical (unpaired) electrons. The van der Waals surface area contributed by atoms with Crippen molar-refractivity contribution in [3.63, 3.8) is 0 Å². The van der Waals surface area contributed by atoms with Crippen LogP contribution in [-0.2, 0) is 16.2 Å². The quantitative estimate of drug-likeness (QED) is 0.163. The molecule has 0 amide bonds. The molecule has 3 spiro atoms. The van der Waals surface area contributed by atoms with E-state index in [2.05, 4.69) is 345 Å². The summed E-state index contributed by atoms with van der Waals surface area (Å²) in [5.41, 5.74) is 48.5. The van der Waals surface area contributed by atoms with Crippen molar-refractivity contribution in [2.24, 2.45) is 0 Å². The number of rotatable bonds is 3. The van der Waals surface area contributed by atoms with Crippen molar-refractivity contribution in [3.05, 3.63) is 393 Å². The number of nitrogens with zero attached hydrogens (tertiary/aromatic N) is 3. The van der Waals surface area contributed by atoms with E-state index in [1.54, 1.807) is 0 Å². The Morgan fingerprint density at radius 3 is 0.550 bits per heavy atom. The lowest BCUT2D eigenvalue weighted by molar-refractivity contribution is 0.793. The Morgan fingerprint density at radius 1 is 0.190 bits per heavy atom. The monoisotopic (exact) mass is 1270 g/mol. The van der Waals surface area contributed by atoms with E-state index in [-0.39, 0.29) is 6.71 Å². The molecule has 0 fully saturated rings. The molecule has 0 atom stereocenters. The van der Waals surface area contributed by atoms with Crippen molar-refractivity contribution < 1.29 is 0 Å². The van der Waals surface area contributed by atoms with Crippen molar-refractivity contribution in [2.75, 3.05) is 14.7 Å².